The van der Waals surface area contributed by atoms with Gasteiger partial charge in [0.1, 0.15) is 0 Å². The van der Waals surface area contributed by atoms with Crippen LogP contribution >= 0.6 is 15.9 Å². The van der Waals surface area contributed by atoms with Crippen LogP contribution in [0.3, 0.4) is 0 Å². The van der Waals surface area contributed by atoms with Crippen molar-refractivity contribution in [1.29, 1.82) is 0 Å². The number of halogens is 1. The smallest absolute Gasteiger partial charge is 0.180 e. The van der Waals surface area contributed by atoms with E-state index in [2.05, 4.69) is 36.4 Å². The third-order valence-electron chi connectivity index (χ3n) is 2.28. The van der Waals surface area contributed by atoms with Gasteiger partial charge in [-0.05, 0) is 17.3 Å². The second kappa shape index (κ2) is 3.38. The molecule has 2 aromatic heterocycles. The van der Waals surface area contributed by atoms with Gasteiger partial charge in [-0.1, -0.05) is 33.2 Å². The van der Waals surface area contributed by atoms with Crippen molar-refractivity contribution >= 4 is 21.7 Å². The first-order valence-corrected chi connectivity index (χ1v) is 5.42. The van der Waals surface area contributed by atoms with Crippen molar-refractivity contribution in [3.05, 3.63) is 28.7 Å². The van der Waals surface area contributed by atoms with E-state index in [0.717, 1.165) is 15.9 Å². The molecule has 0 bridgehead atoms. The summed E-state index contributed by atoms with van der Waals surface area (Å²) in [5, 5.41) is 15.8. The molecule has 2 heterocycles. The van der Waals surface area contributed by atoms with Gasteiger partial charge in [-0.2, -0.15) is 9.31 Å². The average Bonchev–Trinajstić information content (AvgIpc) is 2.84. The quantitative estimate of drug-likeness (QED) is 0.673. The Morgan fingerprint density at radius 2 is 1.81 bits per heavy atom. The number of tetrazole rings is 1. The van der Waals surface area contributed by atoms with Crippen LogP contribution in [0.4, 0.5) is 0 Å². The molecule has 3 rings (SSSR count). The summed E-state index contributed by atoms with van der Waals surface area (Å²) in [6.07, 6.45) is 0. The van der Waals surface area contributed by atoms with Crippen LogP contribution in [0.2, 0.25) is 0 Å². The van der Waals surface area contributed by atoms with E-state index in [4.69, 9.17) is 0 Å². The minimum atomic E-state index is 0.500. The molecule has 0 saturated carbocycles. The minimum Gasteiger partial charge on any atom is -0.180 e. The lowest BCUT2D eigenvalue weighted by Gasteiger charge is -1.99. The number of hydrogen-bond acceptors (Lipinski definition) is 4. The molecule has 0 amide bonds. The van der Waals surface area contributed by atoms with E-state index in [9.17, 15) is 0 Å². The number of aryl methyl sites for hydroxylation is 1. The first kappa shape index (κ1) is 9.46. The number of hydrogen-bond donors (Lipinski definition) is 0. The molecule has 0 aliphatic heterocycles. The van der Waals surface area contributed by atoms with Gasteiger partial charge in [0.15, 0.2) is 5.82 Å². The molecule has 0 saturated heterocycles. The number of nitrogens with zero attached hydrogens (tertiary/aromatic N) is 6. The summed E-state index contributed by atoms with van der Waals surface area (Å²) in [6.45, 7) is 0. The summed E-state index contributed by atoms with van der Waals surface area (Å²) >= 11 is 3.39. The second-order valence-electron chi connectivity index (χ2n) is 3.32. The highest BCUT2D eigenvalue weighted by molar-refractivity contribution is 9.10. The van der Waals surface area contributed by atoms with Crippen molar-refractivity contribution in [2.45, 2.75) is 0 Å². The standard InChI is InChI=1S/C9H7BrN6/c1-15-14-13-9-12-11-8(16(9)15)6-2-4-7(10)5-3-6/h2-5H,1H3. The van der Waals surface area contributed by atoms with E-state index in [0.29, 0.717) is 5.78 Å². The van der Waals surface area contributed by atoms with Gasteiger partial charge in [0.05, 0.1) is 0 Å². The monoisotopic (exact) mass is 278 g/mol. The van der Waals surface area contributed by atoms with Crippen molar-refractivity contribution < 1.29 is 0 Å². The van der Waals surface area contributed by atoms with Crippen LogP contribution in [0.25, 0.3) is 17.2 Å². The van der Waals surface area contributed by atoms with E-state index in [-0.39, 0.29) is 0 Å². The Morgan fingerprint density at radius 3 is 2.56 bits per heavy atom. The van der Waals surface area contributed by atoms with Gasteiger partial charge in [0.2, 0.25) is 0 Å². The Morgan fingerprint density at radius 1 is 1.06 bits per heavy atom. The Labute approximate surface area is 99.0 Å². The molecule has 80 valence electrons. The van der Waals surface area contributed by atoms with Crippen molar-refractivity contribution in [1.82, 2.24) is 29.8 Å². The number of benzene rings is 1. The van der Waals surface area contributed by atoms with Crippen LogP contribution in [0.15, 0.2) is 28.7 Å². The predicted molar refractivity (Wildman–Crippen MR) is 60.7 cm³/mol. The number of fused-ring (bicyclic) bond motifs is 1. The minimum absolute atomic E-state index is 0.500. The Kier molecular flexibility index (Phi) is 2.00. The Bertz CT molecular complexity index is 638. The average molecular weight is 279 g/mol. The zero-order valence-electron chi connectivity index (χ0n) is 8.37. The van der Waals surface area contributed by atoms with Crippen molar-refractivity contribution in [3.8, 4) is 11.4 Å². The van der Waals surface area contributed by atoms with Crippen LogP contribution in [0, 0.1) is 0 Å². The summed E-state index contributed by atoms with van der Waals surface area (Å²) in [6, 6.07) is 7.85. The topological polar surface area (TPSA) is 60.9 Å². The highest BCUT2D eigenvalue weighted by atomic mass is 79.9. The molecule has 0 fully saturated rings. The molecule has 0 aliphatic carbocycles. The van der Waals surface area contributed by atoms with Gasteiger partial charge in [0, 0.05) is 17.1 Å². The van der Waals surface area contributed by atoms with Gasteiger partial charge in [-0.15, -0.1) is 10.2 Å². The molecule has 0 aliphatic rings. The summed E-state index contributed by atoms with van der Waals surface area (Å²) in [5.74, 6) is 1.23. The van der Waals surface area contributed by atoms with E-state index in [1.54, 1.807) is 16.4 Å². The van der Waals surface area contributed by atoms with Gasteiger partial charge in [-0.25, -0.2) is 0 Å². The number of aromatic nitrogens is 6. The van der Waals surface area contributed by atoms with Crippen LogP contribution in [0.1, 0.15) is 0 Å². The highest BCUT2D eigenvalue weighted by Crippen LogP contribution is 2.19. The summed E-state index contributed by atoms with van der Waals surface area (Å²) in [7, 11) is 1.80. The van der Waals surface area contributed by atoms with Crippen LogP contribution in [0.5, 0.6) is 0 Å². The van der Waals surface area contributed by atoms with Crippen molar-refractivity contribution in [2.75, 3.05) is 0 Å². The largest absolute Gasteiger partial charge is 0.292 e. The first-order valence-electron chi connectivity index (χ1n) is 4.63. The molecule has 0 radical (unpaired) electrons. The van der Waals surface area contributed by atoms with Crippen LogP contribution in [-0.2, 0) is 7.05 Å². The summed E-state index contributed by atoms with van der Waals surface area (Å²) in [4.78, 5) is 1.60. The molecule has 0 atom stereocenters. The maximum Gasteiger partial charge on any atom is 0.292 e. The van der Waals surface area contributed by atoms with Gasteiger partial charge >= 0.3 is 0 Å². The third-order valence-corrected chi connectivity index (χ3v) is 2.81. The summed E-state index contributed by atoms with van der Waals surface area (Å²) in [5.41, 5.74) is 0.973. The lowest BCUT2D eigenvalue weighted by molar-refractivity contribution is 0.589. The van der Waals surface area contributed by atoms with E-state index < -0.39 is 0 Å². The van der Waals surface area contributed by atoms with E-state index in [1.165, 1.54) is 0 Å². The SMILES string of the molecule is Cn1nnc2nnc(-c3ccc(Br)cc3)n21. The van der Waals surface area contributed by atoms with Gasteiger partial charge in [-0.3, -0.25) is 0 Å². The fourth-order valence-corrected chi connectivity index (χ4v) is 1.79. The zero-order valence-corrected chi connectivity index (χ0v) is 9.96. The van der Waals surface area contributed by atoms with Gasteiger partial charge < -0.3 is 0 Å². The highest BCUT2D eigenvalue weighted by Gasteiger charge is 2.11. The Hall–Kier alpha value is -1.76. The van der Waals surface area contributed by atoms with Crippen LogP contribution in [-0.4, -0.2) is 29.8 Å². The second-order valence-corrected chi connectivity index (χ2v) is 4.24. The molecule has 1 aromatic carbocycles. The molecule has 7 heteroatoms. The molecular formula is C9H7BrN6. The molecule has 16 heavy (non-hydrogen) atoms. The first-order chi connectivity index (χ1) is 7.75. The fourth-order valence-electron chi connectivity index (χ4n) is 1.52. The van der Waals surface area contributed by atoms with Gasteiger partial charge in [0.25, 0.3) is 5.78 Å². The normalized spacial score (nSPS) is 11.1. The lowest BCUT2D eigenvalue weighted by atomic mass is 10.2. The molecule has 0 N–H and O–H groups in total. The van der Waals surface area contributed by atoms with E-state index in [1.807, 2.05) is 24.3 Å². The van der Waals surface area contributed by atoms with Crippen molar-refractivity contribution in [2.24, 2.45) is 7.05 Å². The van der Waals surface area contributed by atoms with E-state index >= 15 is 0 Å². The fraction of sp³-hybridized carbons (Fsp3) is 0.111. The Balaban J connectivity index is 2.25. The molecule has 6 nitrogen and oxygen atoms in total. The zero-order chi connectivity index (χ0) is 11.1. The number of rotatable bonds is 1. The summed E-state index contributed by atoms with van der Waals surface area (Å²) < 4.78 is 2.78. The molecule has 0 unspecified atom stereocenters. The van der Waals surface area contributed by atoms with Crippen LogP contribution < -0.4 is 0 Å². The third kappa shape index (κ3) is 1.32. The molecular weight excluding hydrogens is 272 g/mol. The molecule has 3 aromatic rings. The van der Waals surface area contributed by atoms with Crippen molar-refractivity contribution in [3.63, 3.8) is 0 Å². The maximum absolute atomic E-state index is 4.09. The lowest BCUT2D eigenvalue weighted by Crippen LogP contribution is -2.02. The molecule has 0 spiro atoms. The predicted octanol–water partition coefficient (Wildman–Crippen LogP) is 1.29. The maximum atomic E-state index is 4.09.